The molecule has 62 valence electrons. The summed E-state index contributed by atoms with van der Waals surface area (Å²) in [7, 11) is -0.545. The van der Waals surface area contributed by atoms with E-state index < -0.39 is 10.1 Å². The first-order valence-electron chi connectivity index (χ1n) is 3.51. The van der Waals surface area contributed by atoms with E-state index >= 15 is 0 Å². The highest BCUT2D eigenvalue weighted by molar-refractivity contribution is 8.67. The molecule has 0 saturated heterocycles. The molecule has 0 spiro atoms. The van der Waals surface area contributed by atoms with Crippen LogP contribution in [0.3, 0.4) is 0 Å². The lowest BCUT2D eigenvalue weighted by molar-refractivity contribution is 0.581. The molecule has 2 nitrogen and oxygen atoms in total. The first-order chi connectivity index (χ1) is 4.77. The molecular formula is C6H14O2S2. The number of unbranched alkanes of at least 4 members (excludes halogenated alkanes) is 3. The lowest BCUT2D eigenvalue weighted by Gasteiger charge is -1.95. The van der Waals surface area contributed by atoms with Crippen LogP contribution in [0.2, 0.25) is 0 Å². The molecule has 0 bridgehead atoms. The van der Waals surface area contributed by atoms with Gasteiger partial charge in [-0.3, -0.25) is 4.55 Å². The lowest BCUT2D eigenvalue weighted by atomic mass is 10.2. The van der Waals surface area contributed by atoms with E-state index in [1.54, 1.807) is 0 Å². The van der Waals surface area contributed by atoms with Gasteiger partial charge in [0.2, 0.25) is 10.1 Å². The van der Waals surface area contributed by atoms with Crippen molar-refractivity contribution in [1.29, 1.82) is 0 Å². The van der Waals surface area contributed by atoms with E-state index in [4.69, 9.17) is 4.55 Å². The van der Waals surface area contributed by atoms with E-state index in [-0.39, 0.29) is 0 Å². The normalized spacial score (nSPS) is 13.4. The molecule has 0 heterocycles. The lowest BCUT2D eigenvalue weighted by Crippen LogP contribution is -1.83. The average Bonchev–Trinajstić information content (AvgIpc) is 1.87. The van der Waals surface area contributed by atoms with Gasteiger partial charge < -0.3 is 0 Å². The summed E-state index contributed by atoms with van der Waals surface area (Å²) >= 11 is 0. The minimum atomic E-state index is -1.65. The molecule has 0 saturated carbocycles. The summed E-state index contributed by atoms with van der Waals surface area (Å²) < 4.78 is 18.5. The van der Waals surface area contributed by atoms with Gasteiger partial charge in [-0.05, 0) is 17.2 Å². The maximum Gasteiger partial charge on any atom is 0.216 e. The van der Waals surface area contributed by atoms with Crippen LogP contribution in [0.25, 0.3) is 0 Å². The first kappa shape index (κ1) is 10.5. The van der Waals surface area contributed by atoms with Gasteiger partial charge in [0, 0.05) is 5.75 Å². The van der Waals surface area contributed by atoms with Crippen molar-refractivity contribution in [1.82, 2.24) is 0 Å². The maximum atomic E-state index is 10.1. The first-order valence-corrected chi connectivity index (χ1v) is 6.12. The highest BCUT2D eigenvalue weighted by Gasteiger charge is 1.93. The Balaban J connectivity index is 2.84. The number of hydrogen-bond donors (Lipinski definition) is 1. The summed E-state index contributed by atoms with van der Waals surface area (Å²) in [6.45, 7) is 2.15. The van der Waals surface area contributed by atoms with Crippen molar-refractivity contribution in [2.24, 2.45) is 0 Å². The fraction of sp³-hybridized carbons (Fsp3) is 1.00. The van der Waals surface area contributed by atoms with E-state index in [0.29, 0.717) is 0 Å². The molecule has 0 amide bonds. The molecular weight excluding hydrogens is 168 g/mol. The summed E-state index contributed by atoms with van der Waals surface area (Å²) in [5.74, 6) is 0.809. The van der Waals surface area contributed by atoms with Gasteiger partial charge in [-0.15, -0.1) is 0 Å². The average molecular weight is 182 g/mol. The molecule has 0 rings (SSSR count). The molecule has 0 aliphatic heterocycles. The van der Waals surface area contributed by atoms with Crippen LogP contribution in [0.5, 0.6) is 0 Å². The Bertz CT molecular complexity index is 95.7. The minimum Gasteiger partial charge on any atom is -0.298 e. The van der Waals surface area contributed by atoms with Gasteiger partial charge >= 0.3 is 0 Å². The fourth-order valence-electron chi connectivity index (χ4n) is 0.659. The molecule has 0 aliphatic carbocycles. The Morgan fingerprint density at radius 1 is 1.40 bits per heavy atom. The fourth-order valence-corrected chi connectivity index (χ4v) is 1.90. The predicted molar refractivity (Wildman–Crippen MR) is 47.4 cm³/mol. The van der Waals surface area contributed by atoms with Gasteiger partial charge in [0.05, 0.1) is 0 Å². The van der Waals surface area contributed by atoms with E-state index in [2.05, 4.69) is 6.92 Å². The quantitative estimate of drug-likeness (QED) is 0.389. The predicted octanol–water partition coefficient (Wildman–Crippen LogP) is 2.44. The highest BCUT2D eigenvalue weighted by Crippen LogP contribution is 2.09. The maximum absolute atomic E-state index is 10.1. The van der Waals surface area contributed by atoms with Gasteiger partial charge in [0.15, 0.2) is 0 Å². The zero-order chi connectivity index (χ0) is 7.82. The van der Waals surface area contributed by atoms with Crippen molar-refractivity contribution in [3.63, 3.8) is 0 Å². The van der Waals surface area contributed by atoms with Crippen molar-refractivity contribution in [2.75, 3.05) is 5.75 Å². The Morgan fingerprint density at radius 3 is 2.60 bits per heavy atom. The van der Waals surface area contributed by atoms with Gasteiger partial charge in [-0.2, -0.15) is 0 Å². The second kappa shape index (κ2) is 7.57. The van der Waals surface area contributed by atoms with Crippen LogP contribution in [-0.2, 0) is 10.1 Å². The summed E-state index contributed by atoms with van der Waals surface area (Å²) in [6.07, 6.45) is 4.69. The molecule has 0 radical (unpaired) electrons. The summed E-state index contributed by atoms with van der Waals surface area (Å²) in [6, 6.07) is 0. The Labute approximate surface area is 68.5 Å². The van der Waals surface area contributed by atoms with Crippen molar-refractivity contribution in [3.8, 4) is 0 Å². The van der Waals surface area contributed by atoms with E-state index in [1.165, 1.54) is 19.3 Å². The summed E-state index contributed by atoms with van der Waals surface area (Å²) in [5, 5.41) is 0. The molecule has 0 aromatic carbocycles. The van der Waals surface area contributed by atoms with Crippen molar-refractivity contribution in [2.45, 2.75) is 32.6 Å². The van der Waals surface area contributed by atoms with Crippen LogP contribution < -0.4 is 0 Å². The van der Waals surface area contributed by atoms with Gasteiger partial charge in [0.25, 0.3) is 0 Å². The third-order valence-corrected chi connectivity index (χ3v) is 2.94. The SMILES string of the molecule is CCCCCCSS(=O)O. The molecule has 10 heavy (non-hydrogen) atoms. The Morgan fingerprint density at radius 2 is 2.10 bits per heavy atom. The van der Waals surface area contributed by atoms with Crippen molar-refractivity contribution in [3.05, 3.63) is 0 Å². The standard InChI is InChI=1S/C6H14O2S2/c1-2-3-4-5-6-9-10(7)8/h2-6H2,1H3,(H,7,8). The molecule has 1 unspecified atom stereocenters. The molecule has 0 aromatic heterocycles. The number of rotatable bonds is 6. The third kappa shape index (κ3) is 8.46. The summed E-state index contributed by atoms with van der Waals surface area (Å²) in [5.41, 5.74) is 0. The van der Waals surface area contributed by atoms with Crippen LogP contribution in [0.15, 0.2) is 0 Å². The van der Waals surface area contributed by atoms with E-state index in [0.717, 1.165) is 23.0 Å². The second-order valence-corrected chi connectivity index (χ2v) is 4.74. The van der Waals surface area contributed by atoms with Crippen molar-refractivity contribution < 1.29 is 8.76 Å². The molecule has 0 aromatic rings. The van der Waals surface area contributed by atoms with Gasteiger partial charge in [0.1, 0.15) is 0 Å². The summed E-state index contributed by atoms with van der Waals surface area (Å²) in [4.78, 5) is 0. The highest BCUT2D eigenvalue weighted by atomic mass is 33.1. The minimum absolute atomic E-state index is 0.809. The van der Waals surface area contributed by atoms with Crippen LogP contribution in [-0.4, -0.2) is 14.5 Å². The molecule has 1 N–H and O–H groups in total. The Kier molecular flexibility index (Phi) is 7.91. The molecule has 1 atom stereocenters. The van der Waals surface area contributed by atoms with Crippen LogP contribution in [0.4, 0.5) is 0 Å². The monoisotopic (exact) mass is 182 g/mol. The molecule has 4 heteroatoms. The van der Waals surface area contributed by atoms with E-state index in [9.17, 15) is 4.21 Å². The topological polar surface area (TPSA) is 37.3 Å². The second-order valence-electron chi connectivity index (χ2n) is 2.10. The number of hydrogen-bond acceptors (Lipinski definition) is 2. The van der Waals surface area contributed by atoms with Gasteiger partial charge in [-0.1, -0.05) is 26.2 Å². The van der Waals surface area contributed by atoms with Crippen LogP contribution in [0.1, 0.15) is 32.6 Å². The molecule has 0 aliphatic rings. The zero-order valence-electron chi connectivity index (χ0n) is 6.21. The smallest absolute Gasteiger partial charge is 0.216 e. The van der Waals surface area contributed by atoms with Crippen LogP contribution >= 0.6 is 10.8 Å². The van der Waals surface area contributed by atoms with Gasteiger partial charge in [-0.25, -0.2) is 4.21 Å². The zero-order valence-corrected chi connectivity index (χ0v) is 7.84. The van der Waals surface area contributed by atoms with Crippen LogP contribution in [0, 0.1) is 0 Å². The molecule has 0 fully saturated rings. The van der Waals surface area contributed by atoms with Crippen molar-refractivity contribution >= 4 is 20.9 Å². The van der Waals surface area contributed by atoms with E-state index in [1.807, 2.05) is 0 Å². The third-order valence-electron chi connectivity index (χ3n) is 1.18. The largest absolute Gasteiger partial charge is 0.298 e. The Hall–Kier alpha value is 0.460.